The monoisotopic (exact) mass is 263 g/mol. The third-order valence-corrected chi connectivity index (χ3v) is 3.31. The van der Waals surface area contributed by atoms with E-state index in [2.05, 4.69) is 23.7 Å². The highest BCUT2D eigenvalue weighted by Gasteiger charge is 2.23. The molecule has 104 valence electrons. The molecule has 0 aliphatic carbocycles. The van der Waals surface area contributed by atoms with E-state index < -0.39 is 0 Å². The van der Waals surface area contributed by atoms with Gasteiger partial charge in [0.2, 0.25) is 0 Å². The molecule has 0 aromatic carbocycles. The van der Waals surface area contributed by atoms with E-state index in [4.69, 9.17) is 0 Å². The van der Waals surface area contributed by atoms with Gasteiger partial charge in [-0.3, -0.25) is 14.7 Å². The number of hydrogen-bond acceptors (Lipinski definition) is 4. The van der Waals surface area contributed by atoms with Crippen molar-refractivity contribution in [3.05, 3.63) is 24.0 Å². The topological polar surface area (TPSA) is 56.7 Å². The number of aromatic hydroxyl groups is 1. The molecule has 0 unspecified atom stereocenters. The van der Waals surface area contributed by atoms with Gasteiger partial charge in [0.05, 0.1) is 11.8 Å². The minimum absolute atomic E-state index is 0.0443. The van der Waals surface area contributed by atoms with Crippen LogP contribution in [0.1, 0.15) is 24.2 Å². The minimum Gasteiger partial charge on any atom is -0.505 e. The molecule has 0 radical (unpaired) electrons. The van der Waals surface area contributed by atoms with Crippen molar-refractivity contribution >= 4 is 5.91 Å². The molecule has 1 N–H and O–H groups in total. The van der Waals surface area contributed by atoms with E-state index in [1.54, 1.807) is 11.0 Å². The van der Waals surface area contributed by atoms with Crippen molar-refractivity contribution in [2.24, 2.45) is 5.92 Å². The molecule has 1 aliphatic heterocycles. The molecule has 1 aromatic heterocycles. The largest absolute Gasteiger partial charge is 0.505 e. The lowest BCUT2D eigenvalue weighted by molar-refractivity contribution is 0.0621. The average Bonchev–Trinajstić information content (AvgIpc) is 2.39. The highest BCUT2D eigenvalue weighted by atomic mass is 16.3. The summed E-state index contributed by atoms with van der Waals surface area (Å²) in [5, 5.41) is 9.66. The molecular weight excluding hydrogens is 242 g/mol. The van der Waals surface area contributed by atoms with Crippen LogP contribution < -0.4 is 0 Å². The number of nitrogens with zero attached hydrogens (tertiary/aromatic N) is 3. The molecule has 5 heteroatoms. The molecule has 1 aliphatic rings. The average molecular weight is 263 g/mol. The van der Waals surface area contributed by atoms with Gasteiger partial charge < -0.3 is 10.0 Å². The Balaban J connectivity index is 1.95. The van der Waals surface area contributed by atoms with Crippen LogP contribution in [-0.4, -0.2) is 58.5 Å². The zero-order valence-corrected chi connectivity index (χ0v) is 11.5. The molecule has 1 saturated heterocycles. The summed E-state index contributed by atoms with van der Waals surface area (Å²) >= 11 is 0. The zero-order valence-electron chi connectivity index (χ0n) is 11.5. The van der Waals surface area contributed by atoms with E-state index in [-0.39, 0.29) is 11.7 Å². The van der Waals surface area contributed by atoms with E-state index in [0.717, 1.165) is 19.6 Å². The molecular formula is C14H21N3O2. The fourth-order valence-electron chi connectivity index (χ4n) is 2.39. The normalized spacial score (nSPS) is 16.9. The Labute approximate surface area is 113 Å². The minimum atomic E-state index is -0.107. The maximum Gasteiger partial charge on any atom is 0.257 e. The quantitative estimate of drug-likeness (QED) is 0.890. The molecule has 0 spiro atoms. The molecule has 1 amide bonds. The summed E-state index contributed by atoms with van der Waals surface area (Å²) in [6, 6.07) is 1.57. The van der Waals surface area contributed by atoms with Crippen LogP contribution in [0.4, 0.5) is 0 Å². The summed E-state index contributed by atoms with van der Waals surface area (Å²) in [4.78, 5) is 20.2. The maximum atomic E-state index is 12.3. The van der Waals surface area contributed by atoms with Crippen molar-refractivity contribution in [3.63, 3.8) is 0 Å². The summed E-state index contributed by atoms with van der Waals surface area (Å²) < 4.78 is 0. The van der Waals surface area contributed by atoms with E-state index >= 15 is 0 Å². The lowest BCUT2D eigenvalue weighted by Gasteiger charge is -2.35. The number of rotatable bonds is 3. The number of hydrogen-bond donors (Lipinski definition) is 1. The van der Waals surface area contributed by atoms with Gasteiger partial charge in [-0.2, -0.15) is 0 Å². The SMILES string of the molecule is CC(C)CN1CCN(C(=O)c2ccncc2O)CC1. The van der Waals surface area contributed by atoms with Gasteiger partial charge in [-0.05, 0) is 12.0 Å². The van der Waals surface area contributed by atoms with Crippen molar-refractivity contribution in [1.82, 2.24) is 14.8 Å². The van der Waals surface area contributed by atoms with E-state index in [9.17, 15) is 9.90 Å². The molecule has 1 fully saturated rings. The molecule has 5 nitrogen and oxygen atoms in total. The molecule has 0 saturated carbocycles. The standard InChI is InChI=1S/C14H21N3O2/c1-11(2)10-16-5-7-17(8-6-16)14(19)12-3-4-15-9-13(12)18/h3-4,9,11,18H,5-8,10H2,1-2H3. The van der Waals surface area contributed by atoms with Gasteiger partial charge in [0.1, 0.15) is 5.75 Å². The van der Waals surface area contributed by atoms with Crippen LogP contribution in [0.5, 0.6) is 5.75 Å². The zero-order chi connectivity index (χ0) is 13.8. The number of carbonyl (C=O) groups excluding carboxylic acids is 1. The van der Waals surface area contributed by atoms with E-state index in [1.165, 1.54) is 12.4 Å². The first-order chi connectivity index (χ1) is 9.08. The Kier molecular flexibility index (Phi) is 4.37. The van der Waals surface area contributed by atoms with Crippen LogP contribution in [0.25, 0.3) is 0 Å². The van der Waals surface area contributed by atoms with Crippen LogP contribution in [-0.2, 0) is 0 Å². The van der Waals surface area contributed by atoms with Gasteiger partial charge in [0, 0.05) is 38.9 Å². The van der Waals surface area contributed by atoms with Gasteiger partial charge in [0.15, 0.2) is 0 Å². The third-order valence-electron chi connectivity index (χ3n) is 3.31. The smallest absolute Gasteiger partial charge is 0.257 e. The van der Waals surface area contributed by atoms with Crippen LogP contribution in [0, 0.1) is 5.92 Å². The number of piperazine rings is 1. The maximum absolute atomic E-state index is 12.3. The summed E-state index contributed by atoms with van der Waals surface area (Å²) in [6.07, 6.45) is 2.84. The Morgan fingerprint density at radius 1 is 1.37 bits per heavy atom. The summed E-state index contributed by atoms with van der Waals surface area (Å²) in [7, 11) is 0. The molecule has 1 aromatic rings. The Morgan fingerprint density at radius 3 is 2.63 bits per heavy atom. The second kappa shape index (κ2) is 6.02. The number of pyridine rings is 1. The van der Waals surface area contributed by atoms with E-state index in [1.807, 2.05) is 0 Å². The van der Waals surface area contributed by atoms with Crippen LogP contribution >= 0.6 is 0 Å². The summed E-state index contributed by atoms with van der Waals surface area (Å²) in [5.74, 6) is 0.493. The van der Waals surface area contributed by atoms with Crippen LogP contribution in [0.3, 0.4) is 0 Å². The number of amides is 1. The fraction of sp³-hybridized carbons (Fsp3) is 0.571. The summed E-state index contributed by atoms with van der Waals surface area (Å²) in [6.45, 7) is 8.70. The second-order valence-electron chi connectivity index (χ2n) is 5.38. The predicted molar refractivity (Wildman–Crippen MR) is 73.1 cm³/mol. The Bertz CT molecular complexity index is 440. The highest BCUT2D eigenvalue weighted by Crippen LogP contribution is 2.17. The van der Waals surface area contributed by atoms with Gasteiger partial charge in [-0.15, -0.1) is 0 Å². The van der Waals surface area contributed by atoms with Gasteiger partial charge in [-0.25, -0.2) is 0 Å². The van der Waals surface area contributed by atoms with Gasteiger partial charge in [0.25, 0.3) is 5.91 Å². The summed E-state index contributed by atoms with van der Waals surface area (Å²) in [5.41, 5.74) is 0.340. The van der Waals surface area contributed by atoms with Crippen molar-refractivity contribution < 1.29 is 9.90 Å². The predicted octanol–water partition coefficient (Wildman–Crippen LogP) is 1.20. The molecule has 2 heterocycles. The molecule has 19 heavy (non-hydrogen) atoms. The lowest BCUT2D eigenvalue weighted by Crippen LogP contribution is -2.49. The number of carbonyl (C=O) groups is 1. The van der Waals surface area contributed by atoms with Crippen molar-refractivity contribution in [2.75, 3.05) is 32.7 Å². The fourth-order valence-corrected chi connectivity index (χ4v) is 2.39. The highest BCUT2D eigenvalue weighted by molar-refractivity contribution is 5.96. The van der Waals surface area contributed by atoms with Crippen LogP contribution in [0.2, 0.25) is 0 Å². The second-order valence-corrected chi connectivity index (χ2v) is 5.38. The van der Waals surface area contributed by atoms with Gasteiger partial charge >= 0.3 is 0 Å². The lowest BCUT2D eigenvalue weighted by atomic mass is 10.1. The van der Waals surface area contributed by atoms with Crippen LogP contribution in [0.15, 0.2) is 18.5 Å². The number of aromatic nitrogens is 1. The van der Waals surface area contributed by atoms with E-state index in [0.29, 0.717) is 24.6 Å². The Hall–Kier alpha value is -1.62. The van der Waals surface area contributed by atoms with Gasteiger partial charge in [-0.1, -0.05) is 13.8 Å². The molecule has 0 bridgehead atoms. The van der Waals surface area contributed by atoms with Crippen molar-refractivity contribution in [2.45, 2.75) is 13.8 Å². The first-order valence-corrected chi connectivity index (χ1v) is 6.72. The Morgan fingerprint density at radius 2 is 2.05 bits per heavy atom. The molecule has 0 atom stereocenters. The molecule has 2 rings (SSSR count). The first-order valence-electron chi connectivity index (χ1n) is 6.72. The first kappa shape index (κ1) is 13.8. The van der Waals surface area contributed by atoms with Crippen molar-refractivity contribution in [1.29, 1.82) is 0 Å². The van der Waals surface area contributed by atoms with Crippen molar-refractivity contribution in [3.8, 4) is 5.75 Å². The third kappa shape index (κ3) is 3.44.